The van der Waals surface area contributed by atoms with E-state index in [4.69, 9.17) is 4.42 Å². The van der Waals surface area contributed by atoms with Gasteiger partial charge in [-0.2, -0.15) is 0 Å². The van der Waals surface area contributed by atoms with Gasteiger partial charge in [0.2, 0.25) is 0 Å². The van der Waals surface area contributed by atoms with E-state index in [2.05, 4.69) is 4.98 Å². The lowest BCUT2D eigenvalue weighted by Gasteiger charge is -2.34. The molecule has 0 saturated carbocycles. The molecule has 6 heteroatoms. The zero-order valence-electron chi connectivity index (χ0n) is 13.1. The van der Waals surface area contributed by atoms with Crippen molar-refractivity contribution in [3.63, 3.8) is 0 Å². The van der Waals surface area contributed by atoms with Crippen molar-refractivity contribution in [2.75, 3.05) is 6.54 Å². The molecule has 1 aliphatic rings. The second kappa shape index (κ2) is 5.67. The quantitative estimate of drug-likeness (QED) is 0.895. The Morgan fingerprint density at radius 1 is 1.52 bits per heavy atom. The lowest BCUT2D eigenvalue weighted by atomic mass is 9.93. The largest absolute Gasteiger partial charge is 0.465 e. The van der Waals surface area contributed by atoms with E-state index in [1.807, 2.05) is 13.8 Å². The van der Waals surface area contributed by atoms with Crippen molar-refractivity contribution in [2.45, 2.75) is 64.5 Å². The molecule has 1 fully saturated rings. The molecule has 3 unspecified atom stereocenters. The SMILES string of the molecule is CCC(C)(O)c1nc(C2CCC(C)N(C(=O)O)C2)oc1C. The molecule has 1 aliphatic heterocycles. The number of oxazole rings is 1. The van der Waals surface area contributed by atoms with Crippen LogP contribution in [-0.4, -0.2) is 38.8 Å². The summed E-state index contributed by atoms with van der Waals surface area (Å²) in [6.45, 7) is 7.70. The average Bonchev–Trinajstić information content (AvgIpc) is 2.81. The van der Waals surface area contributed by atoms with Crippen LogP contribution in [0.15, 0.2) is 4.42 Å². The van der Waals surface area contributed by atoms with Crippen molar-refractivity contribution in [3.05, 3.63) is 17.3 Å². The fourth-order valence-electron chi connectivity index (χ4n) is 2.83. The number of aromatic nitrogens is 1. The maximum absolute atomic E-state index is 11.3. The van der Waals surface area contributed by atoms with Crippen molar-refractivity contribution in [1.82, 2.24) is 9.88 Å². The van der Waals surface area contributed by atoms with E-state index in [0.717, 1.165) is 12.8 Å². The Bertz CT molecular complexity index is 524. The van der Waals surface area contributed by atoms with Crippen molar-refractivity contribution in [1.29, 1.82) is 0 Å². The highest BCUT2D eigenvalue weighted by Gasteiger charge is 2.34. The molecule has 1 amide bonds. The molecule has 2 rings (SSSR count). The van der Waals surface area contributed by atoms with Gasteiger partial charge in [-0.15, -0.1) is 0 Å². The Morgan fingerprint density at radius 2 is 2.19 bits per heavy atom. The number of aryl methyl sites for hydroxylation is 1. The molecule has 1 saturated heterocycles. The van der Waals surface area contributed by atoms with Crippen LogP contribution in [0.4, 0.5) is 4.79 Å². The van der Waals surface area contributed by atoms with Crippen LogP contribution in [-0.2, 0) is 5.60 Å². The minimum Gasteiger partial charge on any atom is -0.465 e. The Labute approximate surface area is 124 Å². The summed E-state index contributed by atoms with van der Waals surface area (Å²) in [5.74, 6) is 1.10. The highest BCUT2D eigenvalue weighted by molar-refractivity contribution is 5.65. The Morgan fingerprint density at radius 3 is 2.76 bits per heavy atom. The number of likely N-dealkylation sites (tertiary alicyclic amines) is 1. The van der Waals surface area contributed by atoms with Gasteiger partial charge in [0.25, 0.3) is 0 Å². The average molecular weight is 296 g/mol. The van der Waals surface area contributed by atoms with E-state index in [-0.39, 0.29) is 12.0 Å². The Balaban J connectivity index is 2.23. The lowest BCUT2D eigenvalue weighted by molar-refractivity contribution is 0.0475. The van der Waals surface area contributed by atoms with Gasteiger partial charge in [0.15, 0.2) is 5.89 Å². The molecule has 0 aromatic carbocycles. The highest BCUT2D eigenvalue weighted by atomic mass is 16.4. The second-order valence-electron chi connectivity index (χ2n) is 6.14. The number of piperidine rings is 1. The monoisotopic (exact) mass is 296 g/mol. The van der Waals surface area contributed by atoms with E-state index < -0.39 is 11.7 Å². The first-order valence-corrected chi connectivity index (χ1v) is 7.46. The van der Waals surface area contributed by atoms with Gasteiger partial charge < -0.3 is 19.5 Å². The van der Waals surface area contributed by atoms with Crippen LogP contribution in [0, 0.1) is 6.92 Å². The molecule has 6 nitrogen and oxygen atoms in total. The molecule has 1 aromatic rings. The van der Waals surface area contributed by atoms with Gasteiger partial charge in [-0.1, -0.05) is 6.92 Å². The Hall–Kier alpha value is -1.56. The van der Waals surface area contributed by atoms with Crippen LogP contribution >= 0.6 is 0 Å². The lowest BCUT2D eigenvalue weighted by Crippen LogP contribution is -2.44. The number of nitrogens with zero attached hydrogens (tertiary/aromatic N) is 2. The number of hydrogen-bond donors (Lipinski definition) is 2. The first-order chi connectivity index (χ1) is 9.76. The summed E-state index contributed by atoms with van der Waals surface area (Å²) in [6, 6.07) is 0.0213. The summed E-state index contributed by atoms with van der Waals surface area (Å²) in [6.07, 6.45) is 1.27. The number of carbonyl (C=O) groups is 1. The third-order valence-electron chi connectivity index (χ3n) is 4.49. The predicted molar refractivity (Wildman–Crippen MR) is 77.3 cm³/mol. The van der Waals surface area contributed by atoms with Gasteiger partial charge in [-0.05, 0) is 40.0 Å². The topological polar surface area (TPSA) is 86.8 Å². The molecule has 0 radical (unpaired) electrons. The van der Waals surface area contributed by atoms with Crippen molar-refractivity contribution in [2.24, 2.45) is 0 Å². The fourth-order valence-corrected chi connectivity index (χ4v) is 2.83. The Kier molecular flexibility index (Phi) is 4.27. The van der Waals surface area contributed by atoms with Gasteiger partial charge in [0.05, 0.1) is 5.92 Å². The molecule has 2 heterocycles. The summed E-state index contributed by atoms with van der Waals surface area (Å²) >= 11 is 0. The molecule has 118 valence electrons. The molecular formula is C15H24N2O4. The van der Waals surface area contributed by atoms with Crippen molar-refractivity contribution < 1.29 is 19.4 Å². The maximum atomic E-state index is 11.3. The van der Waals surface area contributed by atoms with Gasteiger partial charge >= 0.3 is 6.09 Å². The maximum Gasteiger partial charge on any atom is 0.407 e. The van der Waals surface area contributed by atoms with Crippen LogP contribution in [0.1, 0.15) is 63.3 Å². The molecule has 2 N–H and O–H groups in total. The summed E-state index contributed by atoms with van der Waals surface area (Å²) in [4.78, 5) is 17.1. The van der Waals surface area contributed by atoms with Gasteiger partial charge in [0, 0.05) is 12.6 Å². The van der Waals surface area contributed by atoms with Crippen LogP contribution in [0.5, 0.6) is 0 Å². The number of aliphatic hydroxyl groups is 1. The number of amides is 1. The molecule has 0 bridgehead atoms. The van der Waals surface area contributed by atoms with E-state index in [0.29, 0.717) is 30.3 Å². The smallest absolute Gasteiger partial charge is 0.407 e. The van der Waals surface area contributed by atoms with E-state index in [1.165, 1.54) is 4.90 Å². The van der Waals surface area contributed by atoms with Gasteiger partial charge in [-0.3, -0.25) is 0 Å². The van der Waals surface area contributed by atoms with Crippen LogP contribution < -0.4 is 0 Å². The third-order valence-corrected chi connectivity index (χ3v) is 4.49. The minimum atomic E-state index is -1.01. The van der Waals surface area contributed by atoms with Gasteiger partial charge in [0.1, 0.15) is 17.1 Å². The second-order valence-corrected chi connectivity index (χ2v) is 6.14. The molecule has 21 heavy (non-hydrogen) atoms. The summed E-state index contributed by atoms with van der Waals surface area (Å²) < 4.78 is 5.71. The van der Waals surface area contributed by atoms with Gasteiger partial charge in [-0.25, -0.2) is 9.78 Å². The zero-order chi connectivity index (χ0) is 15.8. The molecule has 3 atom stereocenters. The van der Waals surface area contributed by atoms with Crippen LogP contribution in [0.2, 0.25) is 0 Å². The third kappa shape index (κ3) is 3.05. The number of hydrogen-bond acceptors (Lipinski definition) is 4. The normalized spacial score (nSPS) is 25.7. The number of carboxylic acid groups (broad SMARTS) is 1. The van der Waals surface area contributed by atoms with Crippen molar-refractivity contribution in [3.8, 4) is 0 Å². The summed E-state index contributed by atoms with van der Waals surface area (Å²) in [7, 11) is 0. The number of rotatable bonds is 3. The molecule has 1 aromatic heterocycles. The van der Waals surface area contributed by atoms with E-state index in [1.54, 1.807) is 13.8 Å². The fraction of sp³-hybridized carbons (Fsp3) is 0.733. The highest BCUT2D eigenvalue weighted by Crippen LogP contribution is 2.33. The minimum absolute atomic E-state index is 0.0213. The first kappa shape index (κ1) is 15.8. The van der Waals surface area contributed by atoms with Crippen LogP contribution in [0.3, 0.4) is 0 Å². The first-order valence-electron chi connectivity index (χ1n) is 7.46. The standard InChI is InChI=1S/C15H24N2O4/c1-5-15(4,20)12-10(3)21-13(16-12)11-7-6-9(2)17(8-11)14(18)19/h9,11,20H,5-8H2,1-4H3,(H,18,19). The predicted octanol–water partition coefficient (Wildman–Crippen LogP) is 2.85. The molecule has 0 aliphatic carbocycles. The molecular weight excluding hydrogens is 272 g/mol. The summed E-state index contributed by atoms with van der Waals surface area (Å²) in [5, 5.41) is 19.6. The van der Waals surface area contributed by atoms with E-state index in [9.17, 15) is 15.0 Å². The van der Waals surface area contributed by atoms with Crippen molar-refractivity contribution >= 4 is 6.09 Å². The zero-order valence-corrected chi connectivity index (χ0v) is 13.1. The van der Waals surface area contributed by atoms with Crippen LogP contribution in [0.25, 0.3) is 0 Å². The van der Waals surface area contributed by atoms with E-state index >= 15 is 0 Å². The summed E-state index contributed by atoms with van der Waals surface area (Å²) in [5.41, 5.74) is -0.458. The molecule has 0 spiro atoms.